The van der Waals surface area contributed by atoms with Gasteiger partial charge in [-0.2, -0.15) is 26.0 Å². The average Bonchev–Trinajstić information content (AvgIpc) is 3.23. The first kappa shape index (κ1) is 21.7. The first-order chi connectivity index (χ1) is 12.7. The minimum Gasteiger partial charge on any atom is -0.743 e. The van der Waals surface area contributed by atoms with Gasteiger partial charge in [0.1, 0.15) is 0 Å². The van der Waals surface area contributed by atoms with E-state index < -0.39 is 74.1 Å². The van der Waals surface area contributed by atoms with Crippen LogP contribution in [-0.2, 0) is 38.7 Å². The Morgan fingerprint density at radius 2 is 1.82 bits per heavy atom. The topological polar surface area (TPSA) is 136 Å². The molecule has 0 N–H and O–H groups in total. The van der Waals surface area contributed by atoms with Crippen LogP contribution >= 0.6 is 0 Å². The molecule has 3 saturated heterocycles. The summed E-state index contributed by atoms with van der Waals surface area (Å²) in [5.41, 5.74) is 0. The molecule has 162 valence electrons. The number of cyclic esters (lactones) is 1. The van der Waals surface area contributed by atoms with Crippen molar-refractivity contribution in [2.45, 2.75) is 36.2 Å². The molecule has 28 heavy (non-hydrogen) atoms. The Morgan fingerprint density at radius 1 is 1.18 bits per heavy atom. The third-order valence-corrected chi connectivity index (χ3v) is 7.31. The Bertz CT molecular complexity index is 857. The predicted molar refractivity (Wildman–Crippen MR) is 78.7 cm³/mol. The molecule has 3 heterocycles. The largest absolute Gasteiger partial charge is 0.743 e. The molecule has 3 aliphatic rings. The van der Waals surface area contributed by atoms with Gasteiger partial charge in [0.2, 0.25) is 0 Å². The maximum Gasteiger partial charge on any atom is 0.396 e. The van der Waals surface area contributed by atoms with Gasteiger partial charge in [-0.1, -0.05) is 0 Å². The quantitative estimate of drug-likeness (QED) is 0.216. The minimum absolute atomic E-state index is 0.139. The highest BCUT2D eigenvalue weighted by molar-refractivity contribution is 7.87. The van der Waals surface area contributed by atoms with Crippen molar-refractivity contribution in [3.63, 3.8) is 0 Å². The van der Waals surface area contributed by atoms with Crippen molar-refractivity contribution < 1.29 is 57.4 Å². The number of halogens is 4. The van der Waals surface area contributed by atoms with Crippen LogP contribution in [0.5, 0.6) is 0 Å². The van der Waals surface area contributed by atoms with Gasteiger partial charge in [-0.25, -0.2) is 8.42 Å². The monoisotopic (exact) mass is 455 g/mol. The van der Waals surface area contributed by atoms with Crippen LogP contribution in [-0.4, -0.2) is 69.7 Å². The van der Waals surface area contributed by atoms with E-state index in [2.05, 4.69) is 4.18 Å². The second-order valence-electron chi connectivity index (χ2n) is 6.93. The van der Waals surface area contributed by atoms with Crippen LogP contribution in [0.15, 0.2) is 0 Å². The van der Waals surface area contributed by atoms with Crippen molar-refractivity contribution in [3.05, 3.63) is 0 Å². The number of carbonyl (C=O) groups is 1. The molecule has 0 amide bonds. The Balaban J connectivity index is 1.56. The SMILES string of the molecule is O=C1OCC2C3CC(COS(=O)(=O)CCC(F)(F)C(F)(F)S(=O)(=O)[O-])C(O3)C12. The third-order valence-electron chi connectivity index (χ3n) is 5.18. The van der Waals surface area contributed by atoms with E-state index in [1.807, 2.05) is 0 Å². The number of fused-ring (bicyclic) bond motifs is 5. The lowest BCUT2D eigenvalue weighted by atomic mass is 9.76. The summed E-state index contributed by atoms with van der Waals surface area (Å²) < 4.78 is 122. The van der Waals surface area contributed by atoms with Crippen LogP contribution in [0.4, 0.5) is 17.6 Å². The first-order valence-corrected chi connectivity index (χ1v) is 11.0. The zero-order valence-electron chi connectivity index (χ0n) is 13.9. The van der Waals surface area contributed by atoms with Gasteiger partial charge in [0.15, 0.2) is 10.1 Å². The number of hydrogen-bond donors (Lipinski definition) is 0. The second kappa shape index (κ2) is 6.75. The number of rotatable bonds is 8. The van der Waals surface area contributed by atoms with Crippen LogP contribution in [0, 0.1) is 17.8 Å². The summed E-state index contributed by atoms with van der Waals surface area (Å²) in [7, 11) is -11.4. The summed E-state index contributed by atoms with van der Waals surface area (Å²) in [6.07, 6.45) is -2.77. The van der Waals surface area contributed by atoms with Gasteiger partial charge in [-0.15, -0.1) is 0 Å². The zero-order chi connectivity index (χ0) is 21.1. The maximum atomic E-state index is 13.4. The number of carbonyl (C=O) groups excluding carboxylic acids is 1. The Morgan fingerprint density at radius 3 is 2.43 bits per heavy atom. The van der Waals surface area contributed by atoms with Crippen molar-refractivity contribution >= 4 is 26.2 Å². The molecule has 9 nitrogen and oxygen atoms in total. The molecule has 0 spiro atoms. The summed E-state index contributed by atoms with van der Waals surface area (Å²) in [6.45, 7) is -0.329. The Hall–Kier alpha value is -1.03. The lowest BCUT2D eigenvalue weighted by Gasteiger charge is -2.28. The van der Waals surface area contributed by atoms with Gasteiger partial charge in [0.25, 0.3) is 10.1 Å². The van der Waals surface area contributed by atoms with Gasteiger partial charge in [-0.05, 0) is 6.42 Å². The molecule has 3 fully saturated rings. The standard InChI is InChI=1S/C13H16F4O9S2/c14-12(15,13(16,17)28(21,22)23)1-2-27(19,20)25-4-6-3-8-7-5-24-11(18)9(7)10(6)26-8/h6-10H,1-5H2,(H,21,22,23)/p-1. The Labute approximate surface area is 157 Å². The van der Waals surface area contributed by atoms with Crippen molar-refractivity contribution in [3.8, 4) is 0 Å². The van der Waals surface area contributed by atoms with E-state index in [1.54, 1.807) is 0 Å². The maximum absolute atomic E-state index is 13.4. The fourth-order valence-corrected chi connectivity index (χ4v) is 5.19. The van der Waals surface area contributed by atoms with E-state index in [0.29, 0.717) is 6.42 Å². The lowest BCUT2D eigenvalue weighted by molar-refractivity contribution is -0.161. The van der Waals surface area contributed by atoms with Crippen molar-refractivity contribution in [2.75, 3.05) is 19.0 Å². The highest BCUT2D eigenvalue weighted by Gasteiger charge is 2.62. The molecule has 15 heteroatoms. The zero-order valence-corrected chi connectivity index (χ0v) is 15.6. The minimum atomic E-state index is -6.70. The van der Waals surface area contributed by atoms with Crippen LogP contribution in [0.2, 0.25) is 0 Å². The molecule has 2 bridgehead atoms. The van der Waals surface area contributed by atoms with Gasteiger partial charge < -0.3 is 14.0 Å². The van der Waals surface area contributed by atoms with E-state index in [-0.39, 0.29) is 18.6 Å². The highest BCUT2D eigenvalue weighted by atomic mass is 32.2. The van der Waals surface area contributed by atoms with Gasteiger partial charge in [0, 0.05) is 18.3 Å². The number of alkyl halides is 4. The smallest absolute Gasteiger partial charge is 0.396 e. The Kier molecular flexibility index (Phi) is 5.23. The van der Waals surface area contributed by atoms with E-state index in [4.69, 9.17) is 9.47 Å². The molecular weight excluding hydrogens is 440 g/mol. The normalized spacial score (nSPS) is 33.2. The molecule has 0 saturated carbocycles. The molecule has 3 rings (SSSR count). The van der Waals surface area contributed by atoms with Gasteiger partial charge in [0.05, 0.1) is 37.1 Å². The molecule has 0 aromatic rings. The molecule has 5 unspecified atom stereocenters. The van der Waals surface area contributed by atoms with Crippen molar-refractivity contribution in [2.24, 2.45) is 17.8 Å². The molecule has 0 aliphatic carbocycles. The summed E-state index contributed by atoms with van der Waals surface area (Å²) in [5, 5.41) is -5.97. The van der Waals surface area contributed by atoms with E-state index in [0.717, 1.165) is 0 Å². The molecule has 0 aromatic heterocycles. The number of ether oxygens (including phenoxy) is 2. The molecule has 0 aromatic carbocycles. The predicted octanol–water partition coefficient (Wildman–Crippen LogP) is 0.0727. The van der Waals surface area contributed by atoms with E-state index in [1.165, 1.54) is 0 Å². The molecule has 5 atom stereocenters. The first-order valence-electron chi connectivity index (χ1n) is 8.06. The summed E-state index contributed by atoms with van der Waals surface area (Å²) in [5.74, 6) is -8.77. The van der Waals surface area contributed by atoms with E-state index in [9.17, 15) is 43.7 Å². The van der Waals surface area contributed by atoms with E-state index >= 15 is 0 Å². The average molecular weight is 455 g/mol. The van der Waals surface area contributed by atoms with Crippen LogP contribution in [0.3, 0.4) is 0 Å². The number of esters is 1. The van der Waals surface area contributed by atoms with Crippen LogP contribution < -0.4 is 0 Å². The van der Waals surface area contributed by atoms with Crippen molar-refractivity contribution in [1.29, 1.82) is 0 Å². The molecule has 3 aliphatic heterocycles. The molecular formula is C13H15F4O9S2-. The van der Waals surface area contributed by atoms with Gasteiger partial charge >= 0.3 is 17.1 Å². The van der Waals surface area contributed by atoms with Crippen molar-refractivity contribution in [1.82, 2.24) is 0 Å². The van der Waals surface area contributed by atoms with Crippen LogP contribution in [0.25, 0.3) is 0 Å². The highest BCUT2D eigenvalue weighted by Crippen LogP contribution is 2.50. The fourth-order valence-electron chi connectivity index (χ4n) is 3.72. The molecule has 0 radical (unpaired) electrons. The fraction of sp³-hybridized carbons (Fsp3) is 0.923. The summed E-state index contributed by atoms with van der Waals surface area (Å²) in [6, 6.07) is 0. The van der Waals surface area contributed by atoms with Gasteiger partial charge in [-0.3, -0.25) is 8.98 Å². The second-order valence-corrected chi connectivity index (χ2v) is 10.1. The van der Waals surface area contributed by atoms with Crippen LogP contribution in [0.1, 0.15) is 12.8 Å². The third kappa shape index (κ3) is 3.62. The number of hydrogen-bond acceptors (Lipinski definition) is 9. The lowest BCUT2D eigenvalue weighted by Crippen LogP contribution is -2.47. The summed E-state index contributed by atoms with van der Waals surface area (Å²) in [4.78, 5) is 11.7. The summed E-state index contributed by atoms with van der Waals surface area (Å²) >= 11 is 0.